The zero-order valence-electron chi connectivity index (χ0n) is 13.5. The zero-order chi connectivity index (χ0) is 17.0. The van der Waals surface area contributed by atoms with E-state index in [0.717, 1.165) is 25.7 Å². The van der Waals surface area contributed by atoms with Crippen LogP contribution in [0.4, 0.5) is 0 Å². The largest absolute Gasteiger partial charge is 0.347 e. The molecule has 1 saturated heterocycles. The molecular formula is C17H22N2O3S2. The minimum absolute atomic E-state index is 0.0542. The van der Waals surface area contributed by atoms with Crippen LogP contribution >= 0.6 is 23.1 Å². The summed E-state index contributed by atoms with van der Waals surface area (Å²) in [4.78, 5) is 37.0. The molecule has 1 unspecified atom stereocenters. The molecule has 1 atom stereocenters. The Kier molecular flexibility index (Phi) is 5.61. The third kappa shape index (κ3) is 3.83. The number of amides is 2. The summed E-state index contributed by atoms with van der Waals surface area (Å²) < 4.78 is 0. The lowest BCUT2D eigenvalue weighted by Crippen LogP contribution is -2.49. The predicted octanol–water partition coefficient (Wildman–Crippen LogP) is 2.21. The van der Waals surface area contributed by atoms with Gasteiger partial charge in [0.1, 0.15) is 0 Å². The van der Waals surface area contributed by atoms with Gasteiger partial charge in [-0.25, -0.2) is 0 Å². The Morgan fingerprint density at radius 3 is 2.62 bits per heavy atom. The summed E-state index contributed by atoms with van der Waals surface area (Å²) in [5.41, 5.74) is -0.0542. The fourth-order valence-electron chi connectivity index (χ4n) is 3.50. The first kappa shape index (κ1) is 17.5. The highest BCUT2D eigenvalue weighted by Crippen LogP contribution is 2.41. The molecule has 2 aliphatic rings. The SMILES string of the molecule is O=C(NCC1(c2cccs2)CCCCC1)C(=O)NC1CCSC1=O. The molecule has 7 heteroatoms. The van der Waals surface area contributed by atoms with Gasteiger partial charge in [0.25, 0.3) is 0 Å². The summed E-state index contributed by atoms with van der Waals surface area (Å²) in [5, 5.41) is 7.35. The maximum Gasteiger partial charge on any atom is 0.309 e. The van der Waals surface area contributed by atoms with Crippen molar-refractivity contribution in [3.63, 3.8) is 0 Å². The highest BCUT2D eigenvalue weighted by Gasteiger charge is 2.36. The van der Waals surface area contributed by atoms with Crippen molar-refractivity contribution < 1.29 is 14.4 Å². The molecule has 1 saturated carbocycles. The van der Waals surface area contributed by atoms with Gasteiger partial charge in [0, 0.05) is 22.6 Å². The standard InChI is InChI=1S/C17H22N2O3S2/c20-14(15(21)19-12-6-10-24-16(12)22)18-11-17(7-2-1-3-8-17)13-5-4-9-23-13/h4-5,9,12H,1-3,6-8,10-11H2,(H,18,20)(H,19,21). The molecule has 3 rings (SSSR count). The smallest absolute Gasteiger partial charge is 0.309 e. The first-order valence-electron chi connectivity index (χ1n) is 8.40. The lowest BCUT2D eigenvalue weighted by molar-refractivity contribution is -0.140. The van der Waals surface area contributed by atoms with E-state index in [4.69, 9.17) is 0 Å². The Hall–Kier alpha value is -1.34. The highest BCUT2D eigenvalue weighted by atomic mass is 32.2. The second kappa shape index (κ2) is 7.70. The number of nitrogens with one attached hydrogen (secondary N) is 2. The maximum atomic E-state index is 12.2. The van der Waals surface area contributed by atoms with Crippen molar-refractivity contribution in [1.82, 2.24) is 10.6 Å². The molecule has 0 radical (unpaired) electrons. The van der Waals surface area contributed by atoms with Gasteiger partial charge in [0.2, 0.25) is 5.12 Å². The van der Waals surface area contributed by atoms with Crippen LogP contribution in [0.3, 0.4) is 0 Å². The average Bonchev–Trinajstić information content (AvgIpc) is 3.26. The molecular weight excluding hydrogens is 344 g/mol. The van der Waals surface area contributed by atoms with E-state index in [-0.39, 0.29) is 10.5 Å². The van der Waals surface area contributed by atoms with Gasteiger partial charge in [-0.2, -0.15) is 0 Å². The van der Waals surface area contributed by atoms with Crippen molar-refractivity contribution in [2.24, 2.45) is 0 Å². The van der Waals surface area contributed by atoms with Crippen LogP contribution in [0.1, 0.15) is 43.4 Å². The predicted molar refractivity (Wildman–Crippen MR) is 96.1 cm³/mol. The molecule has 2 amide bonds. The van der Waals surface area contributed by atoms with Crippen LogP contribution in [0, 0.1) is 0 Å². The van der Waals surface area contributed by atoms with Crippen LogP contribution in [-0.4, -0.2) is 35.3 Å². The van der Waals surface area contributed by atoms with Gasteiger partial charge in [-0.1, -0.05) is 37.1 Å². The first-order valence-corrected chi connectivity index (χ1v) is 10.3. The van der Waals surface area contributed by atoms with Crippen LogP contribution in [0.5, 0.6) is 0 Å². The van der Waals surface area contributed by atoms with Crippen molar-refractivity contribution >= 4 is 40.0 Å². The molecule has 24 heavy (non-hydrogen) atoms. The minimum atomic E-state index is -0.701. The van der Waals surface area contributed by atoms with Crippen LogP contribution in [0.15, 0.2) is 17.5 Å². The van der Waals surface area contributed by atoms with Crippen molar-refractivity contribution in [3.05, 3.63) is 22.4 Å². The first-order chi connectivity index (χ1) is 11.6. The zero-order valence-corrected chi connectivity index (χ0v) is 15.1. The Balaban J connectivity index is 1.59. The molecule has 2 fully saturated rings. The van der Waals surface area contributed by atoms with E-state index in [0.29, 0.717) is 18.7 Å². The summed E-state index contributed by atoms with van der Waals surface area (Å²) in [6.07, 6.45) is 6.19. The molecule has 0 bridgehead atoms. The number of thiophene rings is 1. The van der Waals surface area contributed by atoms with Crippen molar-refractivity contribution in [2.45, 2.75) is 50.0 Å². The number of hydrogen-bond donors (Lipinski definition) is 2. The molecule has 5 nitrogen and oxygen atoms in total. The number of rotatable bonds is 4. The second-order valence-electron chi connectivity index (χ2n) is 6.48. The number of carbonyl (C=O) groups is 3. The van der Waals surface area contributed by atoms with Crippen LogP contribution in [0.25, 0.3) is 0 Å². The van der Waals surface area contributed by atoms with Gasteiger partial charge in [-0.05, 0) is 30.7 Å². The quantitative estimate of drug-likeness (QED) is 0.801. The normalized spacial score (nSPS) is 23.0. The fourth-order valence-corrected chi connectivity index (χ4v) is 5.42. The van der Waals surface area contributed by atoms with Crippen LogP contribution in [-0.2, 0) is 19.8 Å². The molecule has 1 aromatic heterocycles. The monoisotopic (exact) mass is 366 g/mol. The Bertz CT molecular complexity index is 609. The average molecular weight is 367 g/mol. The molecule has 1 aliphatic carbocycles. The number of carbonyl (C=O) groups excluding carboxylic acids is 3. The lowest BCUT2D eigenvalue weighted by Gasteiger charge is -2.36. The van der Waals surface area contributed by atoms with E-state index in [9.17, 15) is 14.4 Å². The lowest BCUT2D eigenvalue weighted by atomic mass is 9.73. The summed E-state index contributed by atoms with van der Waals surface area (Å²) in [5.74, 6) is -0.637. The van der Waals surface area contributed by atoms with E-state index >= 15 is 0 Å². The molecule has 2 N–H and O–H groups in total. The summed E-state index contributed by atoms with van der Waals surface area (Å²) >= 11 is 2.92. The van der Waals surface area contributed by atoms with Gasteiger partial charge in [-0.3, -0.25) is 14.4 Å². The van der Waals surface area contributed by atoms with Gasteiger partial charge in [0.15, 0.2) is 0 Å². The Morgan fingerprint density at radius 2 is 2.00 bits per heavy atom. The van der Waals surface area contributed by atoms with Gasteiger partial charge >= 0.3 is 11.8 Å². The van der Waals surface area contributed by atoms with Crippen molar-refractivity contribution in [1.29, 1.82) is 0 Å². The van der Waals surface area contributed by atoms with E-state index in [2.05, 4.69) is 22.1 Å². The summed E-state index contributed by atoms with van der Waals surface area (Å²) in [6, 6.07) is 3.64. The van der Waals surface area contributed by atoms with Crippen LogP contribution in [0.2, 0.25) is 0 Å². The molecule has 1 aliphatic heterocycles. The van der Waals surface area contributed by atoms with Crippen molar-refractivity contribution in [2.75, 3.05) is 12.3 Å². The third-order valence-electron chi connectivity index (χ3n) is 4.89. The van der Waals surface area contributed by atoms with Crippen molar-refractivity contribution in [3.8, 4) is 0 Å². The Labute approximate surface area is 150 Å². The van der Waals surface area contributed by atoms with Gasteiger partial charge < -0.3 is 10.6 Å². The van der Waals surface area contributed by atoms with E-state index in [1.54, 1.807) is 11.3 Å². The molecule has 0 aromatic carbocycles. The minimum Gasteiger partial charge on any atom is -0.347 e. The molecule has 130 valence electrons. The van der Waals surface area contributed by atoms with Gasteiger partial charge in [0.05, 0.1) is 6.04 Å². The summed E-state index contributed by atoms with van der Waals surface area (Å²) in [7, 11) is 0. The van der Waals surface area contributed by atoms with E-state index < -0.39 is 17.9 Å². The fraction of sp³-hybridized carbons (Fsp3) is 0.588. The molecule has 1 aromatic rings. The topological polar surface area (TPSA) is 75.3 Å². The summed E-state index contributed by atoms with van der Waals surface area (Å²) in [6.45, 7) is 0.479. The maximum absolute atomic E-state index is 12.2. The highest BCUT2D eigenvalue weighted by molar-refractivity contribution is 8.14. The van der Waals surface area contributed by atoms with E-state index in [1.165, 1.54) is 23.1 Å². The van der Waals surface area contributed by atoms with Crippen LogP contribution < -0.4 is 10.6 Å². The Morgan fingerprint density at radius 1 is 1.21 bits per heavy atom. The number of thioether (sulfide) groups is 1. The molecule has 2 heterocycles. The second-order valence-corrected chi connectivity index (χ2v) is 8.53. The van der Waals surface area contributed by atoms with Gasteiger partial charge in [-0.15, -0.1) is 11.3 Å². The third-order valence-corrected chi connectivity index (χ3v) is 7.01. The number of hydrogen-bond acceptors (Lipinski definition) is 5. The van der Waals surface area contributed by atoms with E-state index in [1.807, 2.05) is 6.07 Å². The molecule has 0 spiro atoms.